The Hall–Kier alpha value is -2.01. The Morgan fingerprint density at radius 2 is 1.86 bits per heavy atom. The van der Waals surface area contributed by atoms with E-state index < -0.39 is 0 Å². The second kappa shape index (κ2) is 6.63. The molecule has 21 heavy (non-hydrogen) atoms. The minimum Gasteiger partial charge on any atom is -0.487 e. The van der Waals surface area contributed by atoms with E-state index in [2.05, 4.69) is 15.9 Å². The molecule has 0 bridgehead atoms. The van der Waals surface area contributed by atoms with E-state index in [0.717, 1.165) is 10.0 Å². The first kappa shape index (κ1) is 15.4. The number of ether oxygens (including phenoxy) is 1. The number of nitrogens with two attached hydrogens (primary N) is 1. The third kappa shape index (κ3) is 3.98. The van der Waals surface area contributed by atoms with Crippen molar-refractivity contribution in [1.29, 1.82) is 0 Å². The van der Waals surface area contributed by atoms with Crippen LogP contribution >= 0.6 is 15.9 Å². The van der Waals surface area contributed by atoms with E-state index in [9.17, 15) is 4.79 Å². The zero-order valence-corrected chi connectivity index (χ0v) is 13.6. The van der Waals surface area contributed by atoms with Crippen LogP contribution in [0.2, 0.25) is 0 Å². The van der Waals surface area contributed by atoms with Crippen molar-refractivity contribution in [1.82, 2.24) is 4.90 Å². The highest BCUT2D eigenvalue weighted by atomic mass is 79.9. The number of benzene rings is 2. The van der Waals surface area contributed by atoms with Gasteiger partial charge in [-0.05, 0) is 35.9 Å². The molecule has 2 aromatic rings. The highest BCUT2D eigenvalue weighted by Gasteiger charge is 2.11. The van der Waals surface area contributed by atoms with Gasteiger partial charge < -0.3 is 15.4 Å². The number of halogens is 1. The molecule has 4 nitrogen and oxygen atoms in total. The molecule has 2 aromatic carbocycles. The van der Waals surface area contributed by atoms with Gasteiger partial charge in [-0.3, -0.25) is 4.79 Å². The predicted octanol–water partition coefficient (Wildman–Crippen LogP) is 3.31. The number of hydrogen-bond donors (Lipinski definition) is 1. The highest BCUT2D eigenvalue weighted by Crippen LogP contribution is 2.24. The molecule has 5 heteroatoms. The Labute approximate surface area is 132 Å². The van der Waals surface area contributed by atoms with Crippen LogP contribution in [0.3, 0.4) is 0 Å². The van der Waals surface area contributed by atoms with Crippen molar-refractivity contribution in [3.63, 3.8) is 0 Å². The Bertz CT molecular complexity index is 639. The molecule has 2 N–H and O–H groups in total. The van der Waals surface area contributed by atoms with E-state index in [1.165, 1.54) is 4.90 Å². The molecule has 0 radical (unpaired) electrons. The largest absolute Gasteiger partial charge is 0.487 e. The molecule has 0 saturated heterocycles. The maximum Gasteiger partial charge on any atom is 0.253 e. The Balaban J connectivity index is 2.14. The number of anilines is 1. The van der Waals surface area contributed by atoms with Crippen LogP contribution in [-0.4, -0.2) is 24.9 Å². The number of hydrogen-bond acceptors (Lipinski definition) is 3. The van der Waals surface area contributed by atoms with E-state index in [4.69, 9.17) is 10.5 Å². The molecular formula is C16H17BrN2O2. The molecular weight excluding hydrogens is 332 g/mol. The summed E-state index contributed by atoms with van der Waals surface area (Å²) in [4.78, 5) is 13.5. The zero-order valence-electron chi connectivity index (χ0n) is 12.0. The van der Waals surface area contributed by atoms with E-state index >= 15 is 0 Å². The second-order valence-corrected chi connectivity index (χ2v) is 5.78. The van der Waals surface area contributed by atoms with Gasteiger partial charge in [0.15, 0.2) is 0 Å². The first-order valence-corrected chi connectivity index (χ1v) is 7.25. The minimum absolute atomic E-state index is 0.0801. The predicted molar refractivity (Wildman–Crippen MR) is 87.3 cm³/mol. The Morgan fingerprint density at radius 3 is 2.48 bits per heavy atom. The van der Waals surface area contributed by atoms with Crippen LogP contribution in [0, 0.1) is 0 Å². The van der Waals surface area contributed by atoms with Gasteiger partial charge in [0.05, 0.1) is 5.69 Å². The fourth-order valence-corrected chi connectivity index (χ4v) is 2.06. The maximum absolute atomic E-state index is 11.9. The minimum atomic E-state index is -0.0801. The third-order valence-corrected chi connectivity index (χ3v) is 3.50. The third-order valence-electron chi connectivity index (χ3n) is 2.97. The van der Waals surface area contributed by atoms with E-state index in [1.54, 1.807) is 32.3 Å². The number of amides is 1. The molecule has 0 aliphatic carbocycles. The molecule has 0 atom stereocenters. The summed E-state index contributed by atoms with van der Waals surface area (Å²) >= 11 is 3.39. The standard InChI is InChI=1S/C16H17BrN2O2/c1-19(2)16(20)12-5-8-14(18)15(9-12)21-10-11-3-6-13(17)7-4-11/h3-9H,10,18H2,1-2H3. The van der Waals surface area contributed by atoms with Gasteiger partial charge >= 0.3 is 0 Å². The molecule has 0 aliphatic heterocycles. The molecule has 0 aromatic heterocycles. The summed E-state index contributed by atoms with van der Waals surface area (Å²) in [5.74, 6) is 0.439. The van der Waals surface area contributed by atoms with Crippen LogP contribution in [-0.2, 0) is 6.61 Å². The monoisotopic (exact) mass is 348 g/mol. The fraction of sp³-hybridized carbons (Fsp3) is 0.188. The topological polar surface area (TPSA) is 55.6 Å². The first-order chi connectivity index (χ1) is 9.97. The molecule has 0 aliphatic rings. The normalized spacial score (nSPS) is 10.2. The van der Waals surface area contributed by atoms with Crippen molar-refractivity contribution in [2.45, 2.75) is 6.61 Å². The van der Waals surface area contributed by atoms with Crippen LogP contribution in [0.15, 0.2) is 46.9 Å². The summed E-state index contributed by atoms with van der Waals surface area (Å²) < 4.78 is 6.74. The number of carbonyl (C=O) groups is 1. The van der Waals surface area contributed by atoms with Crippen molar-refractivity contribution in [3.05, 3.63) is 58.1 Å². The zero-order chi connectivity index (χ0) is 15.4. The van der Waals surface area contributed by atoms with Gasteiger partial charge in [0, 0.05) is 24.1 Å². The van der Waals surface area contributed by atoms with Gasteiger partial charge in [-0.15, -0.1) is 0 Å². The molecule has 1 amide bonds. The van der Waals surface area contributed by atoms with Crippen LogP contribution in [0.1, 0.15) is 15.9 Å². The second-order valence-electron chi connectivity index (χ2n) is 4.87. The summed E-state index contributed by atoms with van der Waals surface area (Å²) in [7, 11) is 3.42. The highest BCUT2D eigenvalue weighted by molar-refractivity contribution is 9.10. The lowest BCUT2D eigenvalue weighted by molar-refractivity contribution is 0.0827. The molecule has 110 valence electrons. The molecule has 0 fully saturated rings. The summed E-state index contributed by atoms with van der Waals surface area (Å²) in [5, 5.41) is 0. The quantitative estimate of drug-likeness (QED) is 0.862. The van der Waals surface area contributed by atoms with Crippen LogP contribution in [0.25, 0.3) is 0 Å². The van der Waals surface area contributed by atoms with Gasteiger partial charge in [0.2, 0.25) is 0 Å². The molecule has 0 saturated carbocycles. The average Bonchev–Trinajstić information content (AvgIpc) is 2.47. The average molecular weight is 349 g/mol. The maximum atomic E-state index is 11.9. The number of carbonyl (C=O) groups excluding carboxylic acids is 1. The van der Waals surface area contributed by atoms with Gasteiger partial charge in [-0.25, -0.2) is 0 Å². The van der Waals surface area contributed by atoms with Crippen molar-refractivity contribution in [2.24, 2.45) is 0 Å². The molecule has 0 unspecified atom stereocenters. The molecule has 2 rings (SSSR count). The summed E-state index contributed by atoms with van der Waals surface area (Å²) in [5.41, 5.74) is 8.00. The van der Waals surface area contributed by atoms with Crippen LogP contribution in [0.5, 0.6) is 5.75 Å². The van der Waals surface area contributed by atoms with E-state index in [1.807, 2.05) is 24.3 Å². The first-order valence-electron chi connectivity index (χ1n) is 6.46. The molecule has 0 heterocycles. The lowest BCUT2D eigenvalue weighted by Crippen LogP contribution is -2.21. The number of nitrogen functional groups attached to an aromatic ring is 1. The molecule has 0 spiro atoms. The lowest BCUT2D eigenvalue weighted by Gasteiger charge is -2.13. The number of nitrogens with zero attached hydrogens (tertiary/aromatic N) is 1. The Kier molecular flexibility index (Phi) is 4.85. The SMILES string of the molecule is CN(C)C(=O)c1ccc(N)c(OCc2ccc(Br)cc2)c1. The van der Waals surface area contributed by atoms with Gasteiger partial charge in [-0.1, -0.05) is 28.1 Å². The van der Waals surface area contributed by atoms with Crippen molar-refractivity contribution in [3.8, 4) is 5.75 Å². The van der Waals surface area contributed by atoms with Crippen LogP contribution < -0.4 is 10.5 Å². The van der Waals surface area contributed by atoms with E-state index in [-0.39, 0.29) is 5.91 Å². The smallest absolute Gasteiger partial charge is 0.253 e. The Morgan fingerprint density at radius 1 is 1.19 bits per heavy atom. The van der Waals surface area contributed by atoms with Gasteiger partial charge in [-0.2, -0.15) is 0 Å². The van der Waals surface area contributed by atoms with Gasteiger partial charge in [0.25, 0.3) is 5.91 Å². The van der Waals surface area contributed by atoms with Crippen molar-refractivity contribution in [2.75, 3.05) is 19.8 Å². The van der Waals surface area contributed by atoms with Crippen LogP contribution in [0.4, 0.5) is 5.69 Å². The van der Waals surface area contributed by atoms with Crippen molar-refractivity contribution >= 4 is 27.5 Å². The lowest BCUT2D eigenvalue weighted by atomic mass is 10.1. The number of rotatable bonds is 4. The van der Waals surface area contributed by atoms with Gasteiger partial charge in [0.1, 0.15) is 12.4 Å². The summed E-state index contributed by atoms with van der Waals surface area (Å²) in [6.07, 6.45) is 0. The van der Waals surface area contributed by atoms with Crippen molar-refractivity contribution < 1.29 is 9.53 Å². The summed E-state index contributed by atoms with van der Waals surface area (Å²) in [6, 6.07) is 12.9. The fourth-order valence-electron chi connectivity index (χ4n) is 1.79. The van der Waals surface area contributed by atoms with E-state index in [0.29, 0.717) is 23.6 Å². The summed E-state index contributed by atoms with van der Waals surface area (Å²) in [6.45, 7) is 0.400.